The Morgan fingerprint density at radius 1 is 1.37 bits per heavy atom. The summed E-state index contributed by atoms with van der Waals surface area (Å²) in [6, 6.07) is 7.24. The second-order valence-electron chi connectivity index (χ2n) is 4.18. The number of hydrogen-bond acceptors (Lipinski definition) is 3. The summed E-state index contributed by atoms with van der Waals surface area (Å²) in [5.74, 6) is -0.204. The molecule has 1 heterocycles. The zero-order valence-corrected chi connectivity index (χ0v) is 10.5. The molecule has 1 aromatic carbocycles. The molecule has 0 saturated carbocycles. The molecular formula is C14H16N2O3. The number of rotatable bonds is 7. The van der Waals surface area contributed by atoms with Crippen LogP contribution in [0.15, 0.2) is 43.0 Å². The number of aliphatic carboxylic acids is 1. The molecule has 100 valence electrons. The van der Waals surface area contributed by atoms with Gasteiger partial charge in [-0.15, -0.1) is 0 Å². The van der Waals surface area contributed by atoms with Gasteiger partial charge < -0.3 is 14.4 Å². The van der Waals surface area contributed by atoms with Crippen LogP contribution in [0.4, 0.5) is 0 Å². The molecule has 0 unspecified atom stereocenters. The highest BCUT2D eigenvalue weighted by molar-refractivity contribution is 5.71. The zero-order chi connectivity index (χ0) is 13.5. The van der Waals surface area contributed by atoms with Crippen molar-refractivity contribution in [2.45, 2.75) is 19.4 Å². The number of ether oxygens (including phenoxy) is 1. The van der Waals surface area contributed by atoms with Crippen molar-refractivity contribution in [1.82, 2.24) is 9.55 Å². The van der Waals surface area contributed by atoms with E-state index in [0.717, 1.165) is 13.0 Å². The van der Waals surface area contributed by atoms with Gasteiger partial charge in [0.05, 0.1) is 19.4 Å². The van der Waals surface area contributed by atoms with E-state index in [0.29, 0.717) is 17.9 Å². The molecule has 0 atom stereocenters. The molecule has 0 aliphatic rings. The predicted octanol–water partition coefficient (Wildman–Crippen LogP) is 1.98. The first kappa shape index (κ1) is 13.1. The fourth-order valence-corrected chi connectivity index (χ4v) is 1.80. The standard InChI is InChI=1S/C14H16N2O3/c17-14(18)10-12-4-1-2-5-13(12)19-9-3-7-16-8-6-15-11-16/h1-2,4-6,8,11H,3,7,9-10H2,(H,17,18). The Balaban J connectivity index is 1.83. The molecule has 0 aliphatic heterocycles. The monoisotopic (exact) mass is 260 g/mol. The van der Waals surface area contributed by atoms with Crippen LogP contribution < -0.4 is 4.74 Å². The maximum atomic E-state index is 10.7. The summed E-state index contributed by atoms with van der Waals surface area (Å²) in [7, 11) is 0. The van der Waals surface area contributed by atoms with E-state index in [1.165, 1.54) is 0 Å². The fraction of sp³-hybridized carbons (Fsp3) is 0.286. The van der Waals surface area contributed by atoms with Crippen molar-refractivity contribution in [3.63, 3.8) is 0 Å². The van der Waals surface area contributed by atoms with Gasteiger partial charge in [-0.1, -0.05) is 18.2 Å². The molecule has 0 amide bonds. The van der Waals surface area contributed by atoms with Gasteiger partial charge in [0.2, 0.25) is 0 Å². The predicted molar refractivity (Wildman–Crippen MR) is 70.1 cm³/mol. The molecule has 0 spiro atoms. The zero-order valence-electron chi connectivity index (χ0n) is 10.5. The minimum absolute atomic E-state index is 0.0162. The van der Waals surface area contributed by atoms with E-state index in [1.807, 2.05) is 22.9 Å². The van der Waals surface area contributed by atoms with Crippen molar-refractivity contribution in [1.29, 1.82) is 0 Å². The molecule has 0 saturated heterocycles. The molecule has 1 N–H and O–H groups in total. The van der Waals surface area contributed by atoms with Crippen molar-refractivity contribution in [2.24, 2.45) is 0 Å². The first-order valence-electron chi connectivity index (χ1n) is 6.14. The van der Waals surface area contributed by atoms with E-state index in [4.69, 9.17) is 9.84 Å². The van der Waals surface area contributed by atoms with Gasteiger partial charge in [0, 0.05) is 24.5 Å². The van der Waals surface area contributed by atoms with Gasteiger partial charge in [-0.25, -0.2) is 4.98 Å². The molecule has 19 heavy (non-hydrogen) atoms. The Bertz CT molecular complexity index is 523. The van der Waals surface area contributed by atoms with Crippen LogP contribution in [0.3, 0.4) is 0 Å². The van der Waals surface area contributed by atoms with E-state index in [2.05, 4.69) is 4.98 Å². The van der Waals surface area contributed by atoms with E-state index < -0.39 is 5.97 Å². The number of imidazole rings is 1. The molecule has 2 aromatic rings. The van der Waals surface area contributed by atoms with Crippen LogP contribution in [0, 0.1) is 0 Å². The van der Waals surface area contributed by atoms with Gasteiger partial charge in [-0.2, -0.15) is 0 Å². The lowest BCUT2D eigenvalue weighted by Crippen LogP contribution is -2.06. The largest absolute Gasteiger partial charge is 0.493 e. The second kappa shape index (κ2) is 6.58. The Morgan fingerprint density at radius 2 is 2.21 bits per heavy atom. The van der Waals surface area contributed by atoms with Crippen molar-refractivity contribution >= 4 is 5.97 Å². The third-order valence-electron chi connectivity index (χ3n) is 2.69. The SMILES string of the molecule is O=C(O)Cc1ccccc1OCCCn1ccnc1. The number of aromatic nitrogens is 2. The summed E-state index contributed by atoms with van der Waals surface area (Å²) in [6.07, 6.45) is 6.23. The number of carbonyl (C=O) groups is 1. The number of nitrogens with zero attached hydrogens (tertiary/aromatic N) is 2. The third-order valence-corrected chi connectivity index (χ3v) is 2.69. The van der Waals surface area contributed by atoms with Crippen LogP contribution in [-0.4, -0.2) is 27.2 Å². The normalized spacial score (nSPS) is 10.3. The Hall–Kier alpha value is -2.30. The quantitative estimate of drug-likeness (QED) is 0.773. The lowest BCUT2D eigenvalue weighted by atomic mass is 10.1. The molecule has 0 fully saturated rings. The Morgan fingerprint density at radius 3 is 2.95 bits per heavy atom. The molecule has 0 bridgehead atoms. The van der Waals surface area contributed by atoms with Gasteiger partial charge >= 0.3 is 5.97 Å². The topological polar surface area (TPSA) is 64.3 Å². The minimum Gasteiger partial charge on any atom is -0.493 e. The van der Waals surface area contributed by atoms with E-state index in [9.17, 15) is 4.79 Å². The maximum Gasteiger partial charge on any atom is 0.307 e. The average molecular weight is 260 g/mol. The van der Waals surface area contributed by atoms with Crippen LogP contribution in [-0.2, 0) is 17.8 Å². The average Bonchev–Trinajstić information content (AvgIpc) is 2.89. The summed E-state index contributed by atoms with van der Waals surface area (Å²) in [5, 5.41) is 8.82. The number of carboxylic acid groups (broad SMARTS) is 1. The van der Waals surface area contributed by atoms with Crippen LogP contribution in [0.5, 0.6) is 5.75 Å². The highest BCUT2D eigenvalue weighted by Gasteiger charge is 2.06. The molecular weight excluding hydrogens is 244 g/mol. The smallest absolute Gasteiger partial charge is 0.307 e. The Kier molecular flexibility index (Phi) is 4.55. The van der Waals surface area contributed by atoms with Crippen molar-refractivity contribution < 1.29 is 14.6 Å². The lowest BCUT2D eigenvalue weighted by Gasteiger charge is -2.10. The number of carboxylic acids is 1. The second-order valence-corrected chi connectivity index (χ2v) is 4.18. The van der Waals surface area contributed by atoms with Gasteiger partial charge in [0.15, 0.2) is 0 Å². The van der Waals surface area contributed by atoms with Crippen molar-refractivity contribution in [3.05, 3.63) is 48.5 Å². The third kappa shape index (κ3) is 4.13. The highest BCUT2D eigenvalue weighted by atomic mass is 16.5. The van der Waals surface area contributed by atoms with Crippen LogP contribution >= 0.6 is 0 Å². The van der Waals surface area contributed by atoms with Gasteiger partial charge in [-0.3, -0.25) is 4.79 Å². The summed E-state index contributed by atoms with van der Waals surface area (Å²) >= 11 is 0. The van der Waals surface area contributed by atoms with Crippen molar-refractivity contribution in [2.75, 3.05) is 6.61 Å². The maximum absolute atomic E-state index is 10.7. The number of hydrogen-bond donors (Lipinski definition) is 1. The summed E-state index contributed by atoms with van der Waals surface area (Å²) in [6.45, 7) is 1.38. The molecule has 0 aliphatic carbocycles. The summed E-state index contributed by atoms with van der Waals surface area (Å²) in [4.78, 5) is 14.7. The molecule has 5 heteroatoms. The van der Waals surface area contributed by atoms with Crippen LogP contribution in [0.25, 0.3) is 0 Å². The van der Waals surface area contributed by atoms with Gasteiger partial charge in [0.25, 0.3) is 0 Å². The van der Waals surface area contributed by atoms with Gasteiger partial charge in [-0.05, 0) is 12.5 Å². The van der Waals surface area contributed by atoms with Crippen LogP contribution in [0.2, 0.25) is 0 Å². The number of aryl methyl sites for hydroxylation is 1. The van der Waals surface area contributed by atoms with E-state index >= 15 is 0 Å². The molecule has 2 rings (SSSR count). The first-order valence-corrected chi connectivity index (χ1v) is 6.14. The summed E-state index contributed by atoms with van der Waals surface area (Å²) < 4.78 is 7.62. The van der Waals surface area contributed by atoms with E-state index in [-0.39, 0.29) is 6.42 Å². The first-order chi connectivity index (χ1) is 9.25. The van der Waals surface area contributed by atoms with Crippen LogP contribution in [0.1, 0.15) is 12.0 Å². The summed E-state index contributed by atoms with van der Waals surface area (Å²) in [5.41, 5.74) is 0.706. The molecule has 0 radical (unpaired) electrons. The fourth-order valence-electron chi connectivity index (χ4n) is 1.80. The van der Waals surface area contributed by atoms with Gasteiger partial charge in [0.1, 0.15) is 5.75 Å². The van der Waals surface area contributed by atoms with E-state index in [1.54, 1.807) is 24.7 Å². The number of para-hydroxylation sites is 1. The highest BCUT2D eigenvalue weighted by Crippen LogP contribution is 2.18. The number of benzene rings is 1. The van der Waals surface area contributed by atoms with Crippen molar-refractivity contribution in [3.8, 4) is 5.75 Å². The molecule has 1 aromatic heterocycles. The molecule has 5 nitrogen and oxygen atoms in total. The Labute approximate surface area is 111 Å². The minimum atomic E-state index is -0.852. The lowest BCUT2D eigenvalue weighted by molar-refractivity contribution is -0.136.